The summed E-state index contributed by atoms with van der Waals surface area (Å²) < 4.78 is 0. The summed E-state index contributed by atoms with van der Waals surface area (Å²) in [5, 5.41) is 12.8. The summed E-state index contributed by atoms with van der Waals surface area (Å²) in [5.74, 6) is 5.93. The molecular weight excluding hydrogens is 302 g/mol. The number of fused-ring (bicyclic) bond motifs is 1. The van der Waals surface area contributed by atoms with Gasteiger partial charge in [0.1, 0.15) is 4.88 Å². The number of thiophene rings is 2. The molecule has 21 heavy (non-hydrogen) atoms. The Morgan fingerprint density at radius 1 is 1.33 bits per heavy atom. The van der Waals surface area contributed by atoms with Crippen LogP contribution in [0.2, 0.25) is 0 Å². The predicted molar refractivity (Wildman–Crippen MR) is 85.7 cm³/mol. The van der Waals surface area contributed by atoms with Crippen LogP contribution in [0.4, 0.5) is 0 Å². The van der Waals surface area contributed by atoms with Crippen LogP contribution in [-0.4, -0.2) is 29.1 Å². The fourth-order valence-electron chi connectivity index (χ4n) is 2.35. The number of nitrogens with zero attached hydrogens (tertiary/aromatic N) is 1. The minimum absolute atomic E-state index is 0.0491. The van der Waals surface area contributed by atoms with Gasteiger partial charge in [0, 0.05) is 30.0 Å². The highest BCUT2D eigenvalue weighted by Crippen LogP contribution is 2.26. The average molecular weight is 317 g/mol. The fourth-order valence-corrected chi connectivity index (χ4v) is 4.06. The Labute approximate surface area is 131 Å². The van der Waals surface area contributed by atoms with Crippen molar-refractivity contribution in [1.29, 1.82) is 0 Å². The first-order chi connectivity index (χ1) is 10.3. The molecule has 3 rings (SSSR count). The van der Waals surface area contributed by atoms with Crippen LogP contribution in [0.25, 0.3) is 0 Å². The average Bonchev–Trinajstić information content (AvgIpc) is 3.14. The number of carbonyl (C=O) groups excluding carboxylic acids is 1. The monoisotopic (exact) mass is 317 g/mol. The van der Waals surface area contributed by atoms with E-state index in [1.165, 1.54) is 21.8 Å². The van der Waals surface area contributed by atoms with Gasteiger partial charge in [-0.1, -0.05) is 11.8 Å². The van der Waals surface area contributed by atoms with Crippen molar-refractivity contribution in [3.05, 3.63) is 43.8 Å². The number of rotatable bonds is 2. The van der Waals surface area contributed by atoms with Crippen LogP contribution in [0.1, 0.15) is 32.1 Å². The molecule has 0 spiro atoms. The van der Waals surface area contributed by atoms with Crippen LogP contribution in [0.5, 0.6) is 0 Å². The zero-order chi connectivity index (χ0) is 14.7. The van der Waals surface area contributed by atoms with Crippen molar-refractivity contribution in [2.24, 2.45) is 0 Å². The molecular formula is C16H15NO2S2. The van der Waals surface area contributed by atoms with E-state index in [0.29, 0.717) is 17.8 Å². The summed E-state index contributed by atoms with van der Waals surface area (Å²) in [5.41, 5.74) is 2.04. The molecule has 3 nitrogen and oxygen atoms in total. The summed E-state index contributed by atoms with van der Waals surface area (Å²) in [7, 11) is 0. The van der Waals surface area contributed by atoms with Gasteiger partial charge in [-0.15, -0.1) is 22.7 Å². The van der Waals surface area contributed by atoms with Gasteiger partial charge in [0.2, 0.25) is 0 Å². The molecule has 0 fully saturated rings. The third-order valence-electron chi connectivity index (χ3n) is 3.41. The lowest BCUT2D eigenvalue weighted by atomic mass is 10.1. The van der Waals surface area contributed by atoms with Gasteiger partial charge in [0.05, 0.1) is 6.61 Å². The van der Waals surface area contributed by atoms with E-state index in [9.17, 15) is 4.79 Å². The maximum atomic E-state index is 12.7. The molecule has 1 N–H and O–H groups in total. The van der Waals surface area contributed by atoms with E-state index in [2.05, 4.69) is 23.3 Å². The van der Waals surface area contributed by atoms with E-state index in [1.807, 2.05) is 16.3 Å². The zero-order valence-corrected chi connectivity index (χ0v) is 13.1. The lowest BCUT2D eigenvalue weighted by molar-refractivity contribution is 0.0740. The molecule has 0 aromatic carbocycles. The van der Waals surface area contributed by atoms with Gasteiger partial charge < -0.3 is 10.0 Å². The van der Waals surface area contributed by atoms with Gasteiger partial charge in [-0.05, 0) is 34.9 Å². The number of hydrogen-bond donors (Lipinski definition) is 1. The number of aliphatic hydroxyl groups excluding tert-OH is 1. The van der Waals surface area contributed by atoms with Crippen molar-refractivity contribution in [2.45, 2.75) is 19.4 Å². The highest BCUT2D eigenvalue weighted by Gasteiger charge is 2.24. The van der Waals surface area contributed by atoms with Gasteiger partial charge in [0.15, 0.2) is 0 Å². The Kier molecular flexibility index (Phi) is 4.39. The van der Waals surface area contributed by atoms with Crippen LogP contribution < -0.4 is 0 Å². The minimum atomic E-state index is 0.0491. The highest BCUT2D eigenvalue weighted by molar-refractivity contribution is 7.12. The summed E-state index contributed by atoms with van der Waals surface area (Å²) in [6, 6.07) is 3.98. The first kappa shape index (κ1) is 14.3. The molecule has 0 radical (unpaired) electrons. The molecule has 2 aromatic rings. The van der Waals surface area contributed by atoms with Gasteiger partial charge in [-0.25, -0.2) is 0 Å². The zero-order valence-electron chi connectivity index (χ0n) is 11.5. The second-order valence-corrected chi connectivity index (χ2v) is 6.70. The molecule has 1 aliphatic heterocycles. The van der Waals surface area contributed by atoms with Crippen molar-refractivity contribution < 1.29 is 9.90 Å². The first-order valence-corrected chi connectivity index (χ1v) is 8.57. The maximum Gasteiger partial charge on any atom is 0.265 e. The predicted octanol–water partition coefficient (Wildman–Crippen LogP) is 2.74. The maximum absolute atomic E-state index is 12.7. The second kappa shape index (κ2) is 6.44. The Balaban J connectivity index is 1.78. The molecule has 0 bridgehead atoms. The number of aliphatic hydroxyl groups is 1. The topological polar surface area (TPSA) is 40.5 Å². The third-order valence-corrected chi connectivity index (χ3v) is 5.34. The van der Waals surface area contributed by atoms with Crippen LogP contribution in [0.15, 0.2) is 22.9 Å². The molecule has 0 unspecified atom stereocenters. The van der Waals surface area contributed by atoms with Crippen molar-refractivity contribution in [1.82, 2.24) is 4.90 Å². The third kappa shape index (κ3) is 3.03. The fraction of sp³-hybridized carbons (Fsp3) is 0.312. The first-order valence-electron chi connectivity index (χ1n) is 6.81. The SMILES string of the molecule is O=C(c1sccc1C#CCCO)N1CCc2sccc2C1. The number of hydrogen-bond acceptors (Lipinski definition) is 4. The summed E-state index contributed by atoms with van der Waals surface area (Å²) in [4.78, 5) is 16.7. The number of amides is 1. The largest absolute Gasteiger partial charge is 0.395 e. The smallest absolute Gasteiger partial charge is 0.265 e. The molecule has 1 amide bonds. The number of carbonyl (C=O) groups is 1. The Morgan fingerprint density at radius 3 is 3.05 bits per heavy atom. The Bertz CT molecular complexity index is 705. The quantitative estimate of drug-likeness (QED) is 0.865. The highest BCUT2D eigenvalue weighted by atomic mass is 32.1. The lowest BCUT2D eigenvalue weighted by Crippen LogP contribution is -2.35. The molecule has 0 saturated carbocycles. The normalized spacial score (nSPS) is 13.5. The second-order valence-electron chi connectivity index (χ2n) is 4.78. The van der Waals surface area contributed by atoms with E-state index < -0.39 is 0 Å². The van der Waals surface area contributed by atoms with Crippen LogP contribution in [-0.2, 0) is 13.0 Å². The van der Waals surface area contributed by atoms with Gasteiger partial charge in [-0.3, -0.25) is 4.79 Å². The Morgan fingerprint density at radius 2 is 2.19 bits per heavy atom. The van der Waals surface area contributed by atoms with Crippen molar-refractivity contribution in [3.63, 3.8) is 0 Å². The van der Waals surface area contributed by atoms with E-state index in [1.54, 1.807) is 11.3 Å². The van der Waals surface area contributed by atoms with Crippen LogP contribution >= 0.6 is 22.7 Å². The van der Waals surface area contributed by atoms with E-state index in [0.717, 1.165) is 18.5 Å². The summed E-state index contributed by atoms with van der Waals surface area (Å²) in [6.07, 6.45) is 1.38. The molecule has 2 aromatic heterocycles. The van der Waals surface area contributed by atoms with Gasteiger partial charge >= 0.3 is 0 Å². The molecule has 0 atom stereocenters. The van der Waals surface area contributed by atoms with Crippen LogP contribution in [0, 0.1) is 11.8 Å². The van der Waals surface area contributed by atoms with Crippen LogP contribution in [0.3, 0.4) is 0 Å². The van der Waals surface area contributed by atoms with Crippen molar-refractivity contribution in [2.75, 3.05) is 13.2 Å². The molecule has 108 valence electrons. The van der Waals surface area contributed by atoms with E-state index >= 15 is 0 Å². The molecule has 3 heterocycles. The van der Waals surface area contributed by atoms with Gasteiger partial charge in [0.25, 0.3) is 5.91 Å². The van der Waals surface area contributed by atoms with E-state index in [4.69, 9.17) is 5.11 Å². The Hall–Kier alpha value is -1.61. The van der Waals surface area contributed by atoms with Crippen molar-refractivity contribution >= 4 is 28.6 Å². The summed E-state index contributed by atoms with van der Waals surface area (Å²) in [6.45, 7) is 1.51. The molecule has 0 aliphatic carbocycles. The van der Waals surface area contributed by atoms with E-state index in [-0.39, 0.29) is 12.5 Å². The van der Waals surface area contributed by atoms with Crippen molar-refractivity contribution in [3.8, 4) is 11.8 Å². The minimum Gasteiger partial charge on any atom is -0.395 e. The molecule has 1 aliphatic rings. The standard InChI is InChI=1S/C16H15NO2S2/c18-8-2-1-3-12-5-10-21-15(12)16(19)17-7-4-14-13(11-17)6-9-20-14/h5-6,9-10,18H,2,4,7-8,11H2. The summed E-state index contributed by atoms with van der Waals surface area (Å²) >= 11 is 3.21. The lowest BCUT2D eigenvalue weighted by Gasteiger charge is -2.26. The van der Waals surface area contributed by atoms with Gasteiger partial charge in [-0.2, -0.15) is 0 Å². The molecule has 5 heteroatoms. The molecule has 0 saturated heterocycles.